The monoisotopic (exact) mass is 309 g/mol. The summed E-state index contributed by atoms with van der Waals surface area (Å²) in [7, 11) is 0. The minimum Gasteiger partial charge on any atom is -0.481 e. The summed E-state index contributed by atoms with van der Waals surface area (Å²) in [5.41, 5.74) is 0.928. The molecule has 2 N–H and O–H groups in total. The number of halogens is 1. The van der Waals surface area contributed by atoms with Crippen LogP contribution in [0.25, 0.3) is 0 Å². The zero-order valence-electron chi connectivity index (χ0n) is 11.3. The lowest BCUT2D eigenvalue weighted by molar-refractivity contribution is -0.141. The third-order valence-electron chi connectivity index (χ3n) is 4.12. The van der Waals surface area contributed by atoms with E-state index in [1.165, 1.54) is 0 Å². The molecule has 1 unspecified atom stereocenters. The molecular formula is C15H16ClNO4. The predicted molar refractivity (Wildman–Crippen MR) is 76.5 cm³/mol. The topological polar surface area (TPSA) is 75.6 Å². The van der Waals surface area contributed by atoms with Gasteiger partial charge < -0.3 is 15.2 Å². The van der Waals surface area contributed by atoms with Crippen molar-refractivity contribution in [2.24, 2.45) is 5.92 Å². The van der Waals surface area contributed by atoms with Crippen molar-refractivity contribution in [3.8, 4) is 5.75 Å². The number of amides is 1. The second-order valence-corrected chi connectivity index (χ2v) is 6.05. The van der Waals surface area contributed by atoms with Crippen molar-refractivity contribution in [3.05, 3.63) is 28.8 Å². The number of carboxylic acid groups (broad SMARTS) is 1. The van der Waals surface area contributed by atoms with Gasteiger partial charge in [-0.3, -0.25) is 9.59 Å². The van der Waals surface area contributed by atoms with Crippen molar-refractivity contribution in [3.63, 3.8) is 0 Å². The third-order valence-corrected chi connectivity index (χ3v) is 4.35. The van der Waals surface area contributed by atoms with Crippen molar-refractivity contribution >= 4 is 23.5 Å². The predicted octanol–water partition coefficient (Wildman–Crippen LogP) is 2.01. The highest BCUT2D eigenvalue weighted by atomic mass is 35.5. The first-order valence-corrected chi connectivity index (χ1v) is 7.39. The van der Waals surface area contributed by atoms with Crippen LogP contribution in [0.1, 0.15) is 24.8 Å². The molecule has 0 saturated heterocycles. The van der Waals surface area contributed by atoms with Crippen molar-refractivity contribution in [2.75, 3.05) is 0 Å². The molecule has 0 bridgehead atoms. The van der Waals surface area contributed by atoms with Gasteiger partial charge in [-0.2, -0.15) is 0 Å². The number of rotatable bonds is 3. The zero-order chi connectivity index (χ0) is 15.0. The van der Waals surface area contributed by atoms with E-state index in [1.807, 2.05) is 0 Å². The van der Waals surface area contributed by atoms with Crippen molar-refractivity contribution < 1.29 is 19.4 Å². The number of carbonyl (C=O) groups excluding carboxylic acids is 1. The summed E-state index contributed by atoms with van der Waals surface area (Å²) < 4.78 is 5.62. The number of carboxylic acids is 1. The fraction of sp³-hybridized carbons (Fsp3) is 0.467. The molecule has 1 aromatic carbocycles. The van der Waals surface area contributed by atoms with Crippen molar-refractivity contribution in [1.82, 2.24) is 5.32 Å². The van der Waals surface area contributed by atoms with Crippen LogP contribution in [0.5, 0.6) is 5.75 Å². The van der Waals surface area contributed by atoms with Gasteiger partial charge in [0.1, 0.15) is 5.75 Å². The van der Waals surface area contributed by atoms with Crippen molar-refractivity contribution in [1.29, 1.82) is 0 Å². The number of fused-ring (bicyclic) bond motifs is 1. The van der Waals surface area contributed by atoms with Crippen LogP contribution in [-0.2, 0) is 16.0 Å². The molecule has 112 valence electrons. The van der Waals surface area contributed by atoms with Crippen LogP contribution in [-0.4, -0.2) is 29.1 Å². The van der Waals surface area contributed by atoms with Crippen molar-refractivity contribution in [2.45, 2.75) is 37.8 Å². The molecule has 0 spiro atoms. The molecule has 3 rings (SSSR count). The van der Waals surface area contributed by atoms with Crippen LogP contribution in [0.2, 0.25) is 5.02 Å². The molecule has 21 heavy (non-hydrogen) atoms. The Bertz CT molecular complexity index is 589. The second-order valence-electron chi connectivity index (χ2n) is 5.62. The van der Waals surface area contributed by atoms with E-state index in [9.17, 15) is 9.59 Å². The van der Waals surface area contributed by atoms with E-state index < -0.39 is 12.1 Å². The van der Waals surface area contributed by atoms with Crippen LogP contribution in [0.3, 0.4) is 0 Å². The van der Waals surface area contributed by atoms with Crippen LogP contribution in [0.4, 0.5) is 0 Å². The van der Waals surface area contributed by atoms with Gasteiger partial charge in [-0.05, 0) is 43.0 Å². The van der Waals surface area contributed by atoms with Crippen LogP contribution < -0.4 is 10.1 Å². The van der Waals surface area contributed by atoms with E-state index in [0.717, 1.165) is 5.56 Å². The van der Waals surface area contributed by atoms with E-state index in [2.05, 4.69) is 5.32 Å². The summed E-state index contributed by atoms with van der Waals surface area (Å²) in [6, 6.07) is 5.23. The molecule has 0 radical (unpaired) electrons. The molecule has 6 heteroatoms. The highest BCUT2D eigenvalue weighted by Gasteiger charge is 2.34. The molecule has 1 aliphatic carbocycles. The van der Waals surface area contributed by atoms with Gasteiger partial charge in [0.2, 0.25) is 0 Å². The Morgan fingerprint density at radius 1 is 1.33 bits per heavy atom. The summed E-state index contributed by atoms with van der Waals surface area (Å²) in [6.07, 6.45) is 1.75. The first-order valence-electron chi connectivity index (χ1n) is 7.01. The number of carbonyl (C=O) groups is 2. The normalized spacial score (nSPS) is 27.0. The Kier molecular flexibility index (Phi) is 3.76. The summed E-state index contributed by atoms with van der Waals surface area (Å²) in [5, 5.41) is 12.5. The molecule has 1 heterocycles. The first-order chi connectivity index (χ1) is 10.0. The lowest BCUT2D eigenvalue weighted by Crippen LogP contribution is -2.42. The van der Waals surface area contributed by atoms with Gasteiger partial charge in [0.25, 0.3) is 5.91 Å². The fourth-order valence-electron chi connectivity index (χ4n) is 2.99. The van der Waals surface area contributed by atoms with Gasteiger partial charge in [0, 0.05) is 17.5 Å². The van der Waals surface area contributed by atoms with Gasteiger partial charge >= 0.3 is 5.97 Å². The Morgan fingerprint density at radius 3 is 2.86 bits per heavy atom. The maximum absolute atomic E-state index is 12.2. The van der Waals surface area contributed by atoms with E-state index in [-0.39, 0.29) is 17.9 Å². The molecule has 2 aliphatic rings. The standard InChI is InChI=1S/C15H16ClNO4/c16-10-2-4-12-9(5-10)7-13(21-12)14(18)17-11-3-1-8(6-11)15(19)20/h2,4-5,8,11,13H,1,3,6-7H2,(H,17,18)(H,19,20)/t8-,11+,13?/m1/s1. The lowest BCUT2D eigenvalue weighted by Gasteiger charge is -2.16. The molecule has 0 aromatic heterocycles. The summed E-state index contributed by atoms with van der Waals surface area (Å²) in [5.74, 6) is -0.630. The first kappa shape index (κ1) is 14.2. The van der Waals surface area contributed by atoms with E-state index in [1.54, 1.807) is 18.2 Å². The van der Waals surface area contributed by atoms with Gasteiger partial charge in [0.15, 0.2) is 6.10 Å². The Hall–Kier alpha value is -1.75. The maximum Gasteiger partial charge on any atom is 0.306 e. The minimum absolute atomic E-state index is 0.0745. The van der Waals surface area contributed by atoms with Crippen LogP contribution in [0, 0.1) is 5.92 Å². The average molecular weight is 310 g/mol. The molecular weight excluding hydrogens is 294 g/mol. The molecule has 1 aliphatic heterocycles. The number of ether oxygens (including phenoxy) is 1. The molecule has 1 fully saturated rings. The smallest absolute Gasteiger partial charge is 0.306 e. The second kappa shape index (κ2) is 5.56. The summed E-state index contributed by atoms with van der Waals surface area (Å²) in [4.78, 5) is 23.1. The van der Waals surface area contributed by atoms with E-state index >= 15 is 0 Å². The Balaban J connectivity index is 1.57. The minimum atomic E-state index is -0.786. The van der Waals surface area contributed by atoms with E-state index in [4.69, 9.17) is 21.4 Å². The Morgan fingerprint density at radius 2 is 2.14 bits per heavy atom. The van der Waals surface area contributed by atoms with Gasteiger partial charge in [0.05, 0.1) is 5.92 Å². The van der Waals surface area contributed by atoms with Crippen LogP contribution >= 0.6 is 11.6 Å². The number of benzene rings is 1. The van der Waals surface area contributed by atoms with E-state index in [0.29, 0.717) is 36.5 Å². The fourth-order valence-corrected chi connectivity index (χ4v) is 3.19. The summed E-state index contributed by atoms with van der Waals surface area (Å²) in [6.45, 7) is 0. The Labute approximate surface area is 127 Å². The summed E-state index contributed by atoms with van der Waals surface area (Å²) >= 11 is 5.92. The molecule has 5 nitrogen and oxygen atoms in total. The lowest BCUT2D eigenvalue weighted by atomic mass is 10.1. The zero-order valence-corrected chi connectivity index (χ0v) is 12.1. The van der Waals surface area contributed by atoms with Gasteiger partial charge in [-0.25, -0.2) is 0 Å². The van der Waals surface area contributed by atoms with Gasteiger partial charge in [-0.1, -0.05) is 11.6 Å². The molecule has 1 aromatic rings. The largest absolute Gasteiger partial charge is 0.481 e. The number of hydrogen-bond donors (Lipinski definition) is 2. The third kappa shape index (κ3) is 2.97. The molecule has 1 saturated carbocycles. The highest BCUT2D eigenvalue weighted by molar-refractivity contribution is 6.30. The molecule has 1 amide bonds. The molecule has 3 atom stereocenters. The SMILES string of the molecule is O=C(N[C@H]1CC[C@@H](C(=O)O)C1)C1Cc2cc(Cl)ccc2O1. The number of nitrogens with one attached hydrogen (secondary N) is 1. The average Bonchev–Trinajstić information content (AvgIpc) is 3.04. The highest BCUT2D eigenvalue weighted by Crippen LogP contribution is 2.32. The van der Waals surface area contributed by atoms with Crippen LogP contribution in [0.15, 0.2) is 18.2 Å². The van der Waals surface area contributed by atoms with Gasteiger partial charge in [-0.15, -0.1) is 0 Å². The maximum atomic E-state index is 12.2. The number of hydrogen-bond acceptors (Lipinski definition) is 3. The number of aliphatic carboxylic acids is 1. The quantitative estimate of drug-likeness (QED) is 0.895.